The molecule has 2 nitrogen and oxygen atoms in total. The van der Waals surface area contributed by atoms with E-state index in [0.29, 0.717) is 0 Å². The van der Waals surface area contributed by atoms with Gasteiger partial charge in [-0.1, -0.05) is 90.0 Å². The maximum absolute atomic E-state index is 6.23. The minimum atomic E-state index is 0.718. The topological polar surface area (TPSA) is 17.3 Å². The van der Waals surface area contributed by atoms with Crippen LogP contribution in [0.2, 0.25) is 5.02 Å². The van der Waals surface area contributed by atoms with Crippen LogP contribution in [0.25, 0.3) is 28.2 Å². The summed E-state index contributed by atoms with van der Waals surface area (Å²) in [6, 6.07) is 37.5. The van der Waals surface area contributed by atoms with Crippen LogP contribution < -0.4 is 0 Å². The van der Waals surface area contributed by atoms with Crippen molar-refractivity contribution < 1.29 is 0 Å². The average molecular weight is 461 g/mol. The van der Waals surface area contributed by atoms with E-state index in [0.717, 1.165) is 50.0 Å². The van der Waals surface area contributed by atoms with Crippen molar-refractivity contribution in [3.63, 3.8) is 0 Å². The predicted octanol–water partition coefficient (Wildman–Crippen LogP) is 8.83. The summed E-state index contributed by atoms with van der Waals surface area (Å²) < 4.78 is 2.30. The number of benzene rings is 4. The zero-order valence-electron chi connectivity index (χ0n) is 19.2. The molecule has 4 aromatic carbocycles. The Kier molecular flexibility index (Phi) is 6.16. The molecule has 34 heavy (non-hydrogen) atoms. The summed E-state index contributed by atoms with van der Waals surface area (Å²) in [7, 11) is 0. The number of halogens is 1. The number of aliphatic imine (C=N–C) groups is 1. The molecule has 0 amide bonds. The molecule has 1 aromatic heterocycles. The van der Waals surface area contributed by atoms with Crippen molar-refractivity contribution in [2.24, 2.45) is 4.99 Å². The Morgan fingerprint density at radius 1 is 0.706 bits per heavy atom. The van der Waals surface area contributed by atoms with Gasteiger partial charge in [-0.05, 0) is 66.9 Å². The van der Waals surface area contributed by atoms with Crippen molar-refractivity contribution in [2.45, 2.75) is 13.8 Å². The molecule has 0 saturated heterocycles. The molecule has 0 atom stereocenters. The number of hydrogen-bond acceptors (Lipinski definition) is 1. The molecule has 5 aromatic rings. The summed E-state index contributed by atoms with van der Waals surface area (Å²) in [6.07, 6.45) is 1.98. The predicted molar refractivity (Wildman–Crippen MR) is 145 cm³/mol. The van der Waals surface area contributed by atoms with Crippen LogP contribution in [-0.2, 0) is 0 Å². The second-order valence-corrected chi connectivity index (χ2v) is 8.86. The lowest BCUT2D eigenvalue weighted by Crippen LogP contribution is -2.00. The minimum Gasteiger partial charge on any atom is -0.309 e. The van der Waals surface area contributed by atoms with Crippen LogP contribution in [0, 0.1) is 13.8 Å². The highest BCUT2D eigenvalue weighted by Gasteiger charge is 2.18. The molecular weight excluding hydrogens is 436 g/mol. The lowest BCUT2D eigenvalue weighted by atomic mass is 10.1. The second-order valence-electron chi connectivity index (χ2n) is 8.43. The van der Waals surface area contributed by atoms with Crippen LogP contribution in [0.15, 0.2) is 114 Å². The lowest BCUT2D eigenvalue weighted by Gasteiger charge is -2.15. The van der Waals surface area contributed by atoms with Crippen LogP contribution in [0.3, 0.4) is 0 Å². The van der Waals surface area contributed by atoms with Gasteiger partial charge < -0.3 is 4.57 Å². The highest BCUT2D eigenvalue weighted by molar-refractivity contribution is 6.30. The van der Waals surface area contributed by atoms with E-state index in [1.165, 1.54) is 5.56 Å². The molecule has 1 heterocycles. The first-order chi connectivity index (χ1) is 16.6. The maximum atomic E-state index is 6.23. The largest absolute Gasteiger partial charge is 0.309 e. The quantitative estimate of drug-likeness (QED) is 0.233. The van der Waals surface area contributed by atoms with Gasteiger partial charge in [-0.15, -0.1) is 0 Å². The molecule has 166 valence electrons. The van der Waals surface area contributed by atoms with Gasteiger partial charge in [0.05, 0.1) is 17.1 Å². The highest BCUT2D eigenvalue weighted by atomic mass is 35.5. The van der Waals surface area contributed by atoms with Gasteiger partial charge in [-0.2, -0.15) is 0 Å². The summed E-state index contributed by atoms with van der Waals surface area (Å²) in [5.74, 6) is 0. The highest BCUT2D eigenvalue weighted by Crippen LogP contribution is 2.36. The van der Waals surface area contributed by atoms with Crippen LogP contribution in [-0.4, -0.2) is 10.8 Å². The molecule has 0 N–H and O–H groups in total. The molecule has 0 aliphatic heterocycles. The Balaban J connectivity index is 1.77. The van der Waals surface area contributed by atoms with E-state index in [1.807, 2.05) is 30.5 Å². The van der Waals surface area contributed by atoms with Crippen molar-refractivity contribution in [3.8, 4) is 28.2 Å². The normalized spacial score (nSPS) is 11.3. The van der Waals surface area contributed by atoms with E-state index in [4.69, 9.17) is 16.6 Å². The third-order valence-electron chi connectivity index (χ3n) is 5.93. The molecule has 0 bridgehead atoms. The van der Waals surface area contributed by atoms with Gasteiger partial charge in [0.15, 0.2) is 0 Å². The fourth-order valence-electron chi connectivity index (χ4n) is 4.29. The summed E-state index contributed by atoms with van der Waals surface area (Å²) in [4.78, 5) is 4.90. The van der Waals surface area contributed by atoms with Gasteiger partial charge in [0.1, 0.15) is 0 Å². The van der Waals surface area contributed by atoms with E-state index < -0.39 is 0 Å². The van der Waals surface area contributed by atoms with E-state index >= 15 is 0 Å². The van der Waals surface area contributed by atoms with E-state index in [9.17, 15) is 0 Å². The van der Waals surface area contributed by atoms with Crippen LogP contribution in [0.1, 0.15) is 16.7 Å². The first kappa shape index (κ1) is 21.9. The third-order valence-corrected chi connectivity index (χ3v) is 6.18. The van der Waals surface area contributed by atoms with Crippen molar-refractivity contribution in [3.05, 3.63) is 131 Å². The molecule has 0 fully saturated rings. The molecule has 0 aliphatic rings. The molecule has 0 unspecified atom stereocenters. The van der Waals surface area contributed by atoms with Crippen LogP contribution in [0.4, 0.5) is 5.69 Å². The van der Waals surface area contributed by atoms with Crippen molar-refractivity contribution in [2.75, 3.05) is 0 Å². The Bertz CT molecular complexity index is 1450. The number of rotatable bonds is 5. The number of aromatic nitrogens is 1. The molecule has 3 heteroatoms. The standard InChI is InChI=1S/C31H25ClN2/c1-22-13-18-29(23(2)19-22)33-21-26-20-30(24-9-5-3-6-10-24)34(28-16-14-27(32)15-17-28)31(26)25-11-7-4-8-12-25/h3-21H,1-2H3. The van der Waals surface area contributed by atoms with Gasteiger partial charge in [0.25, 0.3) is 0 Å². The average Bonchev–Trinajstić information content (AvgIpc) is 3.24. The maximum Gasteiger partial charge on any atom is 0.0659 e. The molecule has 0 radical (unpaired) electrons. The fourth-order valence-corrected chi connectivity index (χ4v) is 4.41. The summed E-state index contributed by atoms with van der Waals surface area (Å²) in [5, 5.41) is 0.718. The Morgan fingerprint density at radius 3 is 2.00 bits per heavy atom. The summed E-state index contributed by atoms with van der Waals surface area (Å²) in [6.45, 7) is 4.21. The van der Waals surface area contributed by atoms with Gasteiger partial charge in [-0.25, -0.2) is 0 Å². The monoisotopic (exact) mass is 460 g/mol. The van der Waals surface area contributed by atoms with Gasteiger partial charge >= 0.3 is 0 Å². The SMILES string of the molecule is Cc1ccc(N=Cc2cc(-c3ccccc3)n(-c3ccc(Cl)cc3)c2-c2ccccc2)c(C)c1. The van der Waals surface area contributed by atoms with Crippen molar-refractivity contribution in [1.29, 1.82) is 0 Å². The molecule has 0 aliphatic carbocycles. The fraction of sp³-hybridized carbons (Fsp3) is 0.0645. The smallest absolute Gasteiger partial charge is 0.0659 e. The van der Waals surface area contributed by atoms with E-state index in [-0.39, 0.29) is 0 Å². The molecule has 0 saturated carbocycles. The number of hydrogen-bond donors (Lipinski definition) is 0. The zero-order chi connectivity index (χ0) is 23.5. The second kappa shape index (κ2) is 9.54. The minimum absolute atomic E-state index is 0.718. The molecule has 0 spiro atoms. The third kappa shape index (κ3) is 4.46. The van der Waals surface area contributed by atoms with Crippen molar-refractivity contribution in [1.82, 2.24) is 4.57 Å². The Labute approximate surface area is 205 Å². The van der Waals surface area contributed by atoms with Gasteiger partial charge in [0.2, 0.25) is 0 Å². The number of nitrogens with zero attached hydrogens (tertiary/aromatic N) is 2. The number of aryl methyl sites for hydroxylation is 2. The van der Waals surface area contributed by atoms with E-state index in [2.05, 4.69) is 103 Å². The summed E-state index contributed by atoms with van der Waals surface area (Å²) in [5.41, 5.74) is 9.94. The zero-order valence-corrected chi connectivity index (χ0v) is 20.0. The van der Waals surface area contributed by atoms with Gasteiger partial charge in [0, 0.05) is 22.5 Å². The van der Waals surface area contributed by atoms with Crippen LogP contribution >= 0.6 is 11.6 Å². The Hall–Kier alpha value is -3.88. The lowest BCUT2D eigenvalue weighted by molar-refractivity contribution is 1.09. The van der Waals surface area contributed by atoms with Gasteiger partial charge in [-0.3, -0.25) is 4.99 Å². The van der Waals surface area contributed by atoms with Crippen molar-refractivity contribution >= 4 is 23.5 Å². The molecule has 5 rings (SSSR count). The first-order valence-electron chi connectivity index (χ1n) is 11.3. The molecular formula is C31H25ClN2. The van der Waals surface area contributed by atoms with Crippen LogP contribution in [0.5, 0.6) is 0 Å². The van der Waals surface area contributed by atoms with E-state index in [1.54, 1.807) is 0 Å². The summed E-state index contributed by atoms with van der Waals surface area (Å²) >= 11 is 6.23. The first-order valence-corrected chi connectivity index (χ1v) is 11.7. The Morgan fingerprint density at radius 2 is 1.35 bits per heavy atom.